The number of nitrogens with one attached hydrogen (secondary N) is 1. The fourth-order valence-electron chi connectivity index (χ4n) is 4.77. The standard InChI is InChI=1S/C29H31F2N5O5S/c1-34-19-25(23(16-29(34)37)21-17-32-36(18-21)9-8-35-10-12-40-13-11-35)24-14-20(6-7-33-42(38)39)2-4-27(24)41-28-5-3-22(30)15-26(28)31/h2-5,14-19,33H,6-13H2,1H3,(H,38,39). The first-order valence-electron chi connectivity index (χ1n) is 13.4. The first-order chi connectivity index (χ1) is 20.3. The van der Waals surface area contributed by atoms with E-state index < -0.39 is 22.9 Å². The van der Waals surface area contributed by atoms with Gasteiger partial charge in [-0.15, -0.1) is 0 Å². The number of ether oxygens (including phenoxy) is 2. The van der Waals surface area contributed by atoms with Gasteiger partial charge in [0.1, 0.15) is 11.6 Å². The van der Waals surface area contributed by atoms with Gasteiger partial charge >= 0.3 is 0 Å². The Morgan fingerprint density at radius 1 is 1.02 bits per heavy atom. The average molecular weight is 600 g/mol. The lowest BCUT2D eigenvalue weighted by molar-refractivity contribution is 0.0360. The number of benzene rings is 2. The van der Waals surface area contributed by atoms with E-state index >= 15 is 0 Å². The van der Waals surface area contributed by atoms with Crippen LogP contribution in [0.2, 0.25) is 0 Å². The Labute approximate surface area is 243 Å². The van der Waals surface area contributed by atoms with Crippen LogP contribution in [0.25, 0.3) is 22.3 Å². The van der Waals surface area contributed by atoms with E-state index in [9.17, 15) is 17.8 Å². The molecule has 3 heterocycles. The number of aryl methyl sites for hydroxylation is 1. The van der Waals surface area contributed by atoms with E-state index in [1.54, 1.807) is 31.6 Å². The molecule has 2 aromatic heterocycles. The number of morpholine rings is 1. The molecule has 1 aliphatic rings. The molecule has 0 saturated carbocycles. The highest BCUT2D eigenvalue weighted by molar-refractivity contribution is 7.77. The predicted molar refractivity (Wildman–Crippen MR) is 155 cm³/mol. The van der Waals surface area contributed by atoms with Crippen LogP contribution in [0.15, 0.2) is 65.8 Å². The van der Waals surface area contributed by atoms with E-state index in [1.807, 2.05) is 16.9 Å². The molecule has 0 bridgehead atoms. The predicted octanol–water partition coefficient (Wildman–Crippen LogP) is 3.59. The Morgan fingerprint density at radius 2 is 1.81 bits per heavy atom. The van der Waals surface area contributed by atoms with Gasteiger partial charge < -0.3 is 14.0 Å². The van der Waals surface area contributed by atoms with Crippen molar-refractivity contribution < 1.29 is 27.0 Å². The SMILES string of the molecule is Cn1cc(-c2cc(CCNS(=O)O)ccc2Oc2ccc(F)cc2F)c(-c2cnn(CCN3CCOCC3)c2)cc1=O. The van der Waals surface area contributed by atoms with E-state index in [4.69, 9.17) is 14.0 Å². The summed E-state index contributed by atoms with van der Waals surface area (Å²) in [6, 6.07) is 9.82. The summed E-state index contributed by atoms with van der Waals surface area (Å²) in [7, 11) is 1.63. The van der Waals surface area contributed by atoms with Crippen LogP contribution in [-0.4, -0.2) is 67.4 Å². The molecule has 2 aromatic carbocycles. The zero-order chi connectivity index (χ0) is 29.6. The van der Waals surface area contributed by atoms with Gasteiger partial charge in [0.25, 0.3) is 5.56 Å². The molecule has 1 aliphatic heterocycles. The van der Waals surface area contributed by atoms with Gasteiger partial charge in [-0.25, -0.2) is 17.7 Å². The third-order valence-corrected chi connectivity index (χ3v) is 7.46. The lowest BCUT2D eigenvalue weighted by Gasteiger charge is -2.26. The minimum atomic E-state index is -2.16. The summed E-state index contributed by atoms with van der Waals surface area (Å²) in [6.07, 6.45) is 5.66. The van der Waals surface area contributed by atoms with Gasteiger partial charge in [0, 0.05) is 74.4 Å². The largest absolute Gasteiger partial charge is 0.454 e. The van der Waals surface area contributed by atoms with Gasteiger partial charge in [0.15, 0.2) is 11.6 Å². The van der Waals surface area contributed by atoms with Crippen LogP contribution < -0.4 is 15.0 Å². The summed E-state index contributed by atoms with van der Waals surface area (Å²) in [5, 5.41) is 4.52. The Hall–Kier alpha value is -3.75. The zero-order valence-corrected chi connectivity index (χ0v) is 23.8. The molecular formula is C29H31F2N5O5S. The fraction of sp³-hybridized carbons (Fsp3) is 0.310. The number of pyridine rings is 1. The molecule has 0 aliphatic carbocycles. The average Bonchev–Trinajstić information content (AvgIpc) is 3.44. The molecule has 1 atom stereocenters. The van der Waals surface area contributed by atoms with Crippen LogP contribution in [0.3, 0.4) is 0 Å². The molecule has 222 valence electrons. The van der Waals surface area contributed by atoms with E-state index in [2.05, 4.69) is 14.7 Å². The molecule has 10 nitrogen and oxygen atoms in total. The highest BCUT2D eigenvalue weighted by atomic mass is 32.2. The molecule has 13 heteroatoms. The lowest BCUT2D eigenvalue weighted by atomic mass is 9.95. The maximum absolute atomic E-state index is 14.6. The van der Waals surface area contributed by atoms with Crippen LogP contribution in [0.1, 0.15) is 5.56 Å². The van der Waals surface area contributed by atoms with Gasteiger partial charge in [-0.1, -0.05) is 6.07 Å². The van der Waals surface area contributed by atoms with E-state index in [-0.39, 0.29) is 23.6 Å². The van der Waals surface area contributed by atoms with Crippen molar-refractivity contribution in [1.82, 2.24) is 24.0 Å². The monoisotopic (exact) mass is 599 g/mol. The van der Waals surface area contributed by atoms with Crippen molar-refractivity contribution in [2.24, 2.45) is 7.05 Å². The quantitative estimate of drug-likeness (QED) is 0.254. The van der Waals surface area contributed by atoms with Gasteiger partial charge in [-0.05, 0) is 41.8 Å². The smallest absolute Gasteiger partial charge is 0.250 e. The van der Waals surface area contributed by atoms with Gasteiger partial charge in [-0.2, -0.15) is 5.10 Å². The van der Waals surface area contributed by atoms with Crippen molar-refractivity contribution in [2.75, 3.05) is 39.4 Å². The van der Waals surface area contributed by atoms with Gasteiger partial charge in [-0.3, -0.25) is 18.9 Å². The molecule has 1 unspecified atom stereocenters. The van der Waals surface area contributed by atoms with Crippen molar-refractivity contribution in [3.05, 3.63) is 88.6 Å². The summed E-state index contributed by atoms with van der Waals surface area (Å²) < 4.78 is 65.4. The highest BCUT2D eigenvalue weighted by Crippen LogP contribution is 2.39. The number of aromatic nitrogens is 3. The van der Waals surface area contributed by atoms with Crippen LogP contribution in [0, 0.1) is 11.6 Å². The Balaban J connectivity index is 1.53. The molecule has 42 heavy (non-hydrogen) atoms. The molecular weight excluding hydrogens is 568 g/mol. The Kier molecular flexibility index (Phi) is 9.55. The number of nitrogens with zero attached hydrogens (tertiary/aromatic N) is 4. The molecule has 0 amide bonds. The van der Waals surface area contributed by atoms with Gasteiger partial charge in [0.2, 0.25) is 11.3 Å². The topological polar surface area (TPSA) is 111 Å². The van der Waals surface area contributed by atoms with Crippen LogP contribution >= 0.6 is 0 Å². The molecule has 2 N–H and O–H groups in total. The molecule has 0 spiro atoms. The summed E-state index contributed by atoms with van der Waals surface area (Å²) >= 11 is -2.16. The second kappa shape index (κ2) is 13.5. The highest BCUT2D eigenvalue weighted by Gasteiger charge is 2.19. The first-order valence-corrected chi connectivity index (χ1v) is 14.5. The van der Waals surface area contributed by atoms with Crippen molar-refractivity contribution in [1.29, 1.82) is 0 Å². The second-order valence-electron chi connectivity index (χ2n) is 9.90. The number of rotatable bonds is 11. The number of hydrogen-bond acceptors (Lipinski definition) is 6. The van der Waals surface area contributed by atoms with E-state index in [1.165, 1.54) is 16.7 Å². The van der Waals surface area contributed by atoms with Crippen LogP contribution in [0.4, 0.5) is 8.78 Å². The first kappa shape index (κ1) is 29.7. The fourth-order valence-corrected chi connectivity index (χ4v) is 5.04. The zero-order valence-electron chi connectivity index (χ0n) is 23.0. The molecule has 4 aromatic rings. The maximum Gasteiger partial charge on any atom is 0.250 e. The van der Waals surface area contributed by atoms with Gasteiger partial charge in [0.05, 0.1) is 26.0 Å². The lowest BCUT2D eigenvalue weighted by Crippen LogP contribution is -2.38. The summed E-state index contributed by atoms with van der Waals surface area (Å²) in [5.41, 5.74) is 3.07. The van der Waals surface area contributed by atoms with Crippen molar-refractivity contribution in [3.63, 3.8) is 0 Å². The third kappa shape index (κ3) is 7.36. The third-order valence-electron chi connectivity index (χ3n) is 7.01. The normalized spacial score (nSPS) is 14.7. The minimum Gasteiger partial charge on any atom is -0.454 e. The summed E-state index contributed by atoms with van der Waals surface area (Å²) in [6.45, 7) is 4.85. The van der Waals surface area contributed by atoms with Crippen molar-refractivity contribution in [3.8, 4) is 33.8 Å². The second-order valence-corrected chi connectivity index (χ2v) is 10.7. The molecule has 0 radical (unpaired) electrons. The van der Waals surface area contributed by atoms with Crippen LogP contribution in [0.5, 0.6) is 11.5 Å². The maximum atomic E-state index is 14.6. The molecule has 1 saturated heterocycles. The Morgan fingerprint density at radius 3 is 2.57 bits per heavy atom. The number of hydrogen-bond donors (Lipinski definition) is 2. The van der Waals surface area contributed by atoms with Crippen molar-refractivity contribution >= 4 is 11.3 Å². The molecule has 5 rings (SSSR count). The summed E-state index contributed by atoms with van der Waals surface area (Å²) in [4.78, 5) is 15.1. The molecule has 1 fully saturated rings. The number of halogens is 2. The minimum absolute atomic E-state index is 0.162. The summed E-state index contributed by atoms with van der Waals surface area (Å²) in [5.74, 6) is -1.47. The van der Waals surface area contributed by atoms with Crippen molar-refractivity contribution in [2.45, 2.75) is 13.0 Å². The van der Waals surface area contributed by atoms with E-state index in [0.29, 0.717) is 48.4 Å². The van der Waals surface area contributed by atoms with Crippen LogP contribution in [-0.2, 0) is 36.0 Å². The van der Waals surface area contributed by atoms with E-state index in [0.717, 1.165) is 37.3 Å². The Bertz CT molecular complexity index is 1640.